The Morgan fingerprint density at radius 3 is 1.88 bits per heavy atom. The fourth-order valence-corrected chi connectivity index (χ4v) is 0.864. The molecule has 0 aromatic rings. The molecule has 0 heterocycles. The molecule has 2 atom stereocenters. The van der Waals surface area contributed by atoms with Crippen LogP contribution >= 0.6 is 37.9 Å². The number of hydrogen-bond donors (Lipinski definition) is 4. The summed E-state index contributed by atoms with van der Waals surface area (Å²) in [4.78, 5) is 0. The van der Waals surface area contributed by atoms with Crippen molar-refractivity contribution in [2.24, 2.45) is 0 Å². The molecule has 0 aromatic heterocycles. The first-order valence-electron chi connectivity index (χ1n) is 2.30. The standard InChI is InChI=1S/C4H10OS3/c5-1-3(7)4(8)2-6/h3-8H,1-2H2. The first-order valence-corrected chi connectivity index (χ1v) is 3.96. The zero-order valence-electron chi connectivity index (χ0n) is 4.36. The summed E-state index contributed by atoms with van der Waals surface area (Å²) >= 11 is 12.1. The zero-order valence-corrected chi connectivity index (χ0v) is 7.04. The van der Waals surface area contributed by atoms with E-state index in [4.69, 9.17) is 5.11 Å². The van der Waals surface area contributed by atoms with E-state index in [-0.39, 0.29) is 17.1 Å². The summed E-state index contributed by atoms with van der Waals surface area (Å²) in [6.07, 6.45) is 0. The van der Waals surface area contributed by atoms with Gasteiger partial charge in [0.05, 0.1) is 6.61 Å². The molecule has 0 rings (SSSR count). The predicted molar refractivity (Wildman–Crippen MR) is 46.5 cm³/mol. The van der Waals surface area contributed by atoms with Gasteiger partial charge in [0, 0.05) is 16.3 Å². The van der Waals surface area contributed by atoms with Crippen LogP contribution in [0.3, 0.4) is 0 Å². The quantitative estimate of drug-likeness (QED) is 0.455. The summed E-state index contributed by atoms with van der Waals surface area (Å²) in [5.41, 5.74) is 0. The molecule has 4 heteroatoms. The molecule has 0 aliphatic heterocycles. The van der Waals surface area contributed by atoms with E-state index in [1.165, 1.54) is 0 Å². The van der Waals surface area contributed by atoms with Crippen molar-refractivity contribution in [2.75, 3.05) is 12.4 Å². The van der Waals surface area contributed by atoms with Gasteiger partial charge in [-0.2, -0.15) is 37.9 Å². The van der Waals surface area contributed by atoms with Crippen LogP contribution in [-0.2, 0) is 0 Å². The second-order valence-corrected chi connectivity index (χ2v) is 3.19. The minimum atomic E-state index is -0.0455. The Balaban J connectivity index is 3.29. The number of aliphatic hydroxyl groups is 1. The third-order valence-corrected chi connectivity index (χ3v) is 2.80. The van der Waals surface area contributed by atoms with E-state index in [0.29, 0.717) is 5.75 Å². The van der Waals surface area contributed by atoms with Crippen molar-refractivity contribution < 1.29 is 5.11 Å². The van der Waals surface area contributed by atoms with Gasteiger partial charge in [0.25, 0.3) is 0 Å². The van der Waals surface area contributed by atoms with Crippen molar-refractivity contribution in [3.63, 3.8) is 0 Å². The van der Waals surface area contributed by atoms with Gasteiger partial charge in [-0.25, -0.2) is 0 Å². The normalized spacial score (nSPS) is 18.0. The van der Waals surface area contributed by atoms with Crippen LogP contribution in [0.4, 0.5) is 0 Å². The molecule has 1 nitrogen and oxygen atoms in total. The van der Waals surface area contributed by atoms with Crippen molar-refractivity contribution >= 4 is 37.9 Å². The van der Waals surface area contributed by atoms with Crippen molar-refractivity contribution in [3.8, 4) is 0 Å². The fraction of sp³-hybridized carbons (Fsp3) is 1.00. The fourth-order valence-electron chi connectivity index (χ4n) is 0.243. The van der Waals surface area contributed by atoms with E-state index in [1.807, 2.05) is 0 Å². The van der Waals surface area contributed by atoms with Crippen LogP contribution in [0.1, 0.15) is 0 Å². The zero-order chi connectivity index (χ0) is 6.57. The van der Waals surface area contributed by atoms with Crippen LogP contribution < -0.4 is 0 Å². The molecule has 0 bridgehead atoms. The SMILES string of the molecule is OCC(S)C(S)CS. The van der Waals surface area contributed by atoms with E-state index >= 15 is 0 Å². The Labute approximate surface area is 66.1 Å². The summed E-state index contributed by atoms with van der Waals surface area (Å²) in [6, 6.07) is 0. The first-order chi connectivity index (χ1) is 3.72. The summed E-state index contributed by atoms with van der Waals surface area (Å²) in [5.74, 6) is 0.651. The lowest BCUT2D eigenvalue weighted by atomic mass is 10.3. The Kier molecular flexibility index (Phi) is 5.46. The molecule has 0 radical (unpaired) electrons. The largest absolute Gasteiger partial charge is 0.395 e. The first kappa shape index (κ1) is 9.01. The number of rotatable bonds is 3. The Bertz CT molecular complexity index is 51.2. The van der Waals surface area contributed by atoms with Gasteiger partial charge in [0.1, 0.15) is 0 Å². The molecule has 0 spiro atoms. The van der Waals surface area contributed by atoms with Crippen LogP contribution in [0, 0.1) is 0 Å². The molecule has 0 aliphatic rings. The monoisotopic (exact) mass is 170 g/mol. The van der Waals surface area contributed by atoms with Gasteiger partial charge in [0.2, 0.25) is 0 Å². The maximum atomic E-state index is 8.48. The smallest absolute Gasteiger partial charge is 0.0558 e. The molecule has 0 aliphatic carbocycles. The molecule has 50 valence electrons. The molecule has 1 N–H and O–H groups in total. The average molecular weight is 170 g/mol. The van der Waals surface area contributed by atoms with Gasteiger partial charge in [-0.05, 0) is 0 Å². The highest BCUT2D eigenvalue weighted by Crippen LogP contribution is 2.08. The Morgan fingerprint density at radius 1 is 1.25 bits per heavy atom. The molecular formula is C4H10OS3. The van der Waals surface area contributed by atoms with Crippen LogP contribution in [0.2, 0.25) is 0 Å². The molecule has 2 unspecified atom stereocenters. The summed E-state index contributed by atoms with van der Waals surface area (Å²) < 4.78 is 0. The average Bonchev–Trinajstić information content (AvgIpc) is 1.84. The predicted octanol–water partition coefficient (Wildman–Crippen LogP) is 0.505. The molecule has 8 heavy (non-hydrogen) atoms. The molecule has 0 fully saturated rings. The summed E-state index contributed by atoms with van der Waals surface area (Å²) in [7, 11) is 0. The summed E-state index contributed by atoms with van der Waals surface area (Å²) in [5, 5.41) is 8.52. The third-order valence-electron chi connectivity index (χ3n) is 0.818. The van der Waals surface area contributed by atoms with Crippen molar-refractivity contribution in [1.29, 1.82) is 0 Å². The van der Waals surface area contributed by atoms with Gasteiger partial charge in [-0.1, -0.05) is 0 Å². The lowest BCUT2D eigenvalue weighted by molar-refractivity contribution is 0.295. The number of thiol groups is 3. The highest BCUT2D eigenvalue weighted by molar-refractivity contribution is 7.87. The lowest BCUT2D eigenvalue weighted by Gasteiger charge is -2.11. The second kappa shape index (κ2) is 4.85. The molecule has 0 saturated heterocycles. The molecule has 0 aromatic carbocycles. The van der Waals surface area contributed by atoms with Gasteiger partial charge >= 0.3 is 0 Å². The van der Waals surface area contributed by atoms with Gasteiger partial charge in [-0.15, -0.1) is 0 Å². The van der Waals surface area contributed by atoms with Crippen molar-refractivity contribution in [3.05, 3.63) is 0 Å². The highest BCUT2D eigenvalue weighted by Gasteiger charge is 2.09. The van der Waals surface area contributed by atoms with E-state index < -0.39 is 0 Å². The Morgan fingerprint density at radius 2 is 1.75 bits per heavy atom. The lowest BCUT2D eigenvalue weighted by Crippen LogP contribution is -2.20. The van der Waals surface area contributed by atoms with Crippen LogP contribution in [-0.4, -0.2) is 28.0 Å². The summed E-state index contributed by atoms with van der Waals surface area (Å²) in [6.45, 7) is 0.0673. The van der Waals surface area contributed by atoms with Crippen LogP contribution in [0.5, 0.6) is 0 Å². The number of aliphatic hydroxyl groups excluding tert-OH is 1. The van der Waals surface area contributed by atoms with E-state index in [1.54, 1.807) is 0 Å². The minimum Gasteiger partial charge on any atom is -0.395 e. The highest BCUT2D eigenvalue weighted by atomic mass is 32.1. The van der Waals surface area contributed by atoms with E-state index in [2.05, 4.69) is 37.9 Å². The topological polar surface area (TPSA) is 20.2 Å². The number of hydrogen-bond acceptors (Lipinski definition) is 4. The maximum Gasteiger partial charge on any atom is 0.0558 e. The van der Waals surface area contributed by atoms with Crippen molar-refractivity contribution in [1.82, 2.24) is 0 Å². The van der Waals surface area contributed by atoms with Gasteiger partial charge in [0.15, 0.2) is 0 Å². The molecular weight excluding hydrogens is 160 g/mol. The molecule has 0 amide bonds. The van der Waals surface area contributed by atoms with E-state index in [0.717, 1.165) is 0 Å². The van der Waals surface area contributed by atoms with Crippen LogP contribution in [0.25, 0.3) is 0 Å². The van der Waals surface area contributed by atoms with Gasteiger partial charge in [-0.3, -0.25) is 0 Å². The Hall–Kier alpha value is 1.01. The van der Waals surface area contributed by atoms with Gasteiger partial charge < -0.3 is 5.11 Å². The van der Waals surface area contributed by atoms with Crippen molar-refractivity contribution in [2.45, 2.75) is 10.5 Å². The molecule has 0 saturated carbocycles. The van der Waals surface area contributed by atoms with Crippen LogP contribution in [0.15, 0.2) is 0 Å². The minimum absolute atomic E-state index is 0.0455. The van der Waals surface area contributed by atoms with E-state index in [9.17, 15) is 0 Å². The third kappa shape index (κ3) is 3.12. The maximum absolute atomic E-state index is 8.48. The second-order valence-electron chi connectivity index (χ2n) is 1.50.